The van der Waals surface area contributed by atoms with Crippen LogP contribution in [-0.4, -0.2) is 28.9 Å². The van der Waals surface area contributed by atoms with Crippen molar-refractivity contribution in [3.05, 3.63) is 23.9 Å². The molecule has 4 nitrogen and oxygen atoms in total. The van der Waals surface area contributed by atoms with E-state index in [0.29, 0.717) is 24.8 Å². The van der Waals surface area contributed by atoms with E-state index in [9.17, 15) is 4.79 Å². The maximum Gasteiger partial charge on any atom is 0.223 e. The number of aromatic nitrogens is 1. The van der Waals surface area contributed by atoms with Crippen molar-refractivity contribution in [2.75, 3.05) is 18.4 Å². The molecule has 1 aliphatic rings. The second-order valence-corrected chi connectivity index (χ2v) is 5.56. The second-order valence-electron chi connectivity index (χ2n) is 5.56. The van der Waals surface area contributed by atoms with Crippen molar-refractivity contribution in [1.82, 2.24) is 9.88 Å². The van der Waals surface area contributed by atoms with Crippen molar-refractivity contribution >= 4 is 11.7 Å². The van der Waals surface area contributed by atoms with Crippen LogP contribution >= 0.6 is 0 Å². The van der Waals surface area contributed by atoms with E-state index in [1.165, 1.54) is 0 Å². The Morgan fingerprint density at radius 3 is 2.79 bits per heavy atom. The third-order valence-electron chi connectivity index (χ3n) is 3.74. The first-order valence-corrected chi connectivity index (χ1v) is 7.06. The average Bonchev–Trinajstić information content (AvgIpc) is 2.74. The van der Waals surface area contributed by atoms with Crippen LogP contribution in [0.2, 0.25) is 0 Å². The number of anilines is 1. The number of hydrogen-bond acceptors (Lipinski definition) is 3. The van der Waals surface area contributed by atoms with Crippen LogP contribution in [0.1, 0.15) is 32.8 Å². The van der Waals surface area contributed by atoms with E-state index in [-0.39, 0.29) is 5.91 Å². The van der Waals surface area contributed by atoms with Crippen LogP contribution in [0, 0.1) is 11.8 Å². The van der Waals surface area contributed by atoms with Gasteiger partial charge in [0.15, 0.2) is 0 Å². The summed E-state index contributed by atoms with van der Waals surface area (Å²) < 4.78 is 0. The Balaban J connectivity index is 1.95. The van der Waals surface area contributed by atoms with Crippen molar-refractivity contribution in [2.24, 2.45) is 11.8 Å². The summed E-state index contributed by atoms with van der Waals surface area (Å²) in [7, 11) is 0. The highest BCUT2D eigenvalue weighted by molar-refractivity contribution is 5.78. The maximum atomic E-state index is 12.0. The number of carbonyl (C=O) groups is 1. The van der Waals surface area contributed by atoms with E-state index < -0.39 is 0 Å². The molecule has 104 valence electrons. The minimum atomic E-state index is 0.273. The minimum Gasteiger partial charge on any atom is -0.370 e. The van der Waals surface area contributed by atoms with Crippen molar-refractivity contribution in [3.63, 3.8) is 0 Å². The smallest absolute Gasteiger partial charge is 0.223 e. The second kappa shape index (κ2) is 6.04. The lowest BCUT2D eigenvalue weighted by Crippen LogP contribution is -2.25. The highest BCUT2D eigenvalue weighted by Crippen LogP contribution is 2.26. The molecule has 0 radical (unpaired) electrons. The van der Waals surface area contributed by atoms with E-state index in [4.69, 9.17) is 0 Å². The van der Waals surface area contributed by atoms with Gasteiger partial charge in [0.25, 0.3) is 0 Å². The Labute approximate surface area is 115 Å². The first-order valence-electron chi connectivity index (χ1n) is 7.06. The SMILES string of the molecule is CCNc1ccc(CN2CC(C(C)C)CC2=O)cn1. The van der Waals surface area contributed by atoms with E-state index in [1.807, 2.05) is 30.2 Å². The van der Waals surface area contributed by atoms with Crippen LogP contribution in [0.15, 0.2) is 18.3 Å². The topological polar surface area (TPSA) is 45.2 Å². The Hall–Kier alpha value is -1.58. The van der Waals surface area contributed by atoms with Gasteiger partial charge in [-0.25, -0.2) is 4.98 Å². The predicted molar refractivity (Wildman–Crippen MR) is 76.8 cm³/mol. The molecule has 1 aliphatic heterocycles. The molecule has 1 atom stereocenters. The number of hydrogen-bond donors (Lipinski definition) is 1. The zero-order valence-corrected chi connectivity index (χ0v) is 12.0. The molecule has 19 heavy (non-hydrogen) atoms. The molecule has 1 amide bonds. The van der Waals surface area contributed by atoms with Gasteiger partial charge in [0.2, 0.25) is 5.91 Å². The van der Waals surface area contributed by atoms with Crippen molar-refractivity contribution in [1.29, 1.82) is 0 Å². The Kier molecular flexibility index (Phi) is 4.40. The van der Waals surface area contributed by atoms with Crippen LogP contribution in [-0.2, 0) is 11.3 Å². The van der Waals surface area contributed by atoms with E-state index in [1.54, 1.807) is 0 Å². The molecular weight excluding hydrogens is 238 g/mol. The fourth-order valence-electron chi connectivity index (χ4n) is 2.43. The monoisotopic (exact) mass is 261 g/mol. The molecule has 0 aliphatic carbocycles. The molecule has 0 bridgehead atoms. The van der Waals surface area contributed by atoms with Crippen LogP contribution < -0.4 is 5.32 Å². The summed E-state index contributed by atoms with van der Waals surface area (Å²) in [5.41, 5.74) is 1.10. The van der Waals surface area contributed by atoms with Crippen LogP contribution in [0.3, 0.4) is 0 Å². The average molecular weight is 261 g/mol. The molecule has 4 heteroatoms. The van der Waals surface area contributed by atoms with Gasteiger partial charge in [-0.3, -0.25) is 4.79 Å². The summed E-state index contributed by atoms with van der Waals surface area (Å²) in [6.07, 6.45) is 2.55. The van der Waals surface area contributed by atoms with Gasteiger partial charge in [0.05, 0.1) is 0 Å². The quantitative estimate of drug-likeness (QED) is 0.886. The summed E-state index contributed by atoms with van der Waals surface area (Å²) in [6, 6.07) is 4.01. The fraction of sp³-hybridized carbons (Fsp3) is 0.600. The Bertz CT molecular complexity index is 428. The molecule has 1 saturated heterocycles. The number of rotatable bonds is 5. The number of pyridine rings is 1. The zero-order valence-electron chi connectivity index (χ0n) is 12.0. The van der Waals surface area contributed by atoms with E-state index in [2.05, 4.69) is 24.1 Å². The number of amides is 1. The highest BCUT2D eigenvalue weighted by Gasteiger charge is 2.31. The van der Waals surface area contributed by atoms with Gasteiger partial charge < -0.3 is 10.2 Å². The van der Waals surface area contributed by atoms with Gasteiger partial charge in [0, 0.05) is 32.3 Å². The Morgan fingerprint density at radius 1 is 1.47 bits per heavy atom. The summed E-state index contributed by atoms with van der Waals surface area (Å²) >= 11 is 0. The molecule has 2 rings (SSSR count). The van der Waals surface area contributed by atoms with Gasteiger partial charge in [0.1, 0.15) is 5.82 Å². The highest BCUT2D eigenvalue weighted by atomic mass is 16.2. The molecule has 1 aromatic rings. The lowest BCUT2D eigenvalue weighted by Gasteiger charge is -2.18. The number of nitrogens with one attached hydrogen (secondary N) is 1. The van der Waals surface area contributed by atoms with Gasteiger partial charge in [-0.2, -0.15) is 0 Å². The zero-order chi connectivity index (χ0) is 13.8. The minimum absolute atomic E-state index is 0.273. The number of carbonyl (C=O) groups excluding carboxylic acids is 1. The fourth-order valence-corrected chi connectivity index (χ4v) is 2.43. The molecule has 2 heterocycles. The van der Waals surface area contributed by atoms with Crippen LogP contribution in [0.5, 0.6) is 0 Å². The van der Waals surface area contributed by atoms with E-state index >= 15 is 0 Å². The van der Waals surface area contributed by atoms with Gasteiger partial charge in [-0.1, -0.05) is 19.9 Å². The molecule has 1 fully saturated rings. The molecule has 0 spiro atoms. The molecule has 0 saturated carbocycles. The lowest BCUT2D eigenvalue weighted by molar-refractivity contribution is -0.128. The first-order chi connectivity index (χ1) is 9.10. The van der Waals surface area contributed by atoms with Gasteiger partial charge in [-0.15, -0.1) is 0 Å². The first kappa shape index (κ1) is 13.8. The summed E-state index contributed by atoms with van der Waals surface area (Å²) in [5, 5.41) is 3.17. The number of likely N-dealkylation sites (tertiary alicyclic amines) is 1. The molecule has 1 N–H and O–H groups in total. The molecule has 1 unspecified atom stereocenters. The molecule has 1 aromatic heterocycles. The van der Waals surface area contributed by atoms with Crippen LogP contribution in [0.4, 0.5) is 5.82 Å². The summed E-state index contributed by atoms with van der Waals surface area (Å²) in [6.45, 7) is 8.85. The van der Waals surface area contributed by atoms with Crippen LogP contribution in [0.25, 0.3) is 0 Å². The number of nitrogens with zero attached hydrogens (tertiary/aromatic N) is 2. The predicted octanol–water partition coefficient (Wildman–Crippen LogP) is 2.52. The summed E-state index contributed by atoms with van der Waals surface area (Å²) in [5.74, 6) is 2.23. The van der Waals surface area contributed by atoms with E-state index in [0.717, 1.165) is 24.5 Å². The molecule has 0 aromatic carbocycles. The molecular formula is C15H23N3O. The van der Waals surface area contributed by atoms with Gasteiger partial charge in [-0.05, 0) is 30.4 Å². The lowest BCUT2D eigenvalue weighted by atomic mass is 9.95. The standard InChI is InChI=1S/C15H23N3O/c1-4-16-14-6-5-12(8-17-14)9-18-10-13(11(2)3)7-15(18)19/h5-6,8,11,13H,4,7,9-10H2,1-3H3,(H,16,17). The maximum absolute atomic E-state index is 12.0. The third kappa shape index (κ3) is 3.46. The van der Waals surface area contributed by atoms with Crippen molar-refractivity contribution < 1.29 is 4.79 Å². The largest absolute Gasteiger partial charge is 0.370 e. The van der Waals surface area contributed by atoms with Crippen molar-refractivity contribution in [2.45, 2.75) is 33.7 Å². The third-order valence-corrected chi connectivity index (χ3v) is 3.74. The normalized spacial score (nSPS) is 19.3. The van der Waals surface area contributed by atoms with Gasteiger partial charge >= 0.3 is 0 Å². The summed E-state index contributed by atoms with van der Waals surface area (Å²) in [4.78, 5) is 18.2. The van der Waals surface area contributed by atoms with Crippen molar-refractivity contribution in [3.8, 4) is 0 Å². The Morgan fingerprint density at radius 2 is 2.26 bits per heavy atom.